The summed E-state index contributed by atoms with van der Waals surface area (Å²) in [5, 5.41) is 0. The van der Waals surface area contributed by atoms with Crippen LogP contribution in [0, 0.1) is 12.8 Å². The van der Waals surface area contributed by atoms with E-state index in [0.29, 0.717) is 5.92 Å². The van der Waals surface area contributed by atoms with Crippen molar-refractivity contribution in [3.8, 4) is 0 Å². The molecule has 0 bridgehead atoms. The highest BCUT2D eigenvalue weighted by Gasteiger charge is 2.00. The third-order valence-electron chi connectivity index (χ3n) is 2.10. The van der Waals surface area contributed by atoms with E-state index in [1.54, 1.807) is 11.8 Å². The fraction of sp³-hybridized carbons (Fsp3) is 0.538. The second-order valence-corrected chi connectivity index (χ2v) is 5.50. The number of ether oxygens (including phenoxy) is 1. The van der Waals surface area contributed by atoms with Crippen LogP contribution in [0.3, 0.4) is 0 Å². The summed E-state index contributed by atoms with van der Waals surface area (Å²) in [5.74, 6) is 1.56. The smallest absolute Gasteiger partial charge is 0.0560 e. The van der Waals surface area contributed by atoms with Gasteiger partial charge in [-0.2, -0.15) is 0 Å². The minimum absolute atomic E-state index is 0.606. The summed E-state index contributed by atoms with van der Waals surface area (Å²) in [5.41, 5.74) is 8.00. The molecule has 0 spiro atoms. The zero-order valence-electron chi connectivity index (χ0n) is 10.3. The van der Waals surface area contributed by atoms with Gasteiger partial charge in [-0.1, -0.05) is 19.9 Å². The molecule has 0 heterocycles. The Balaban J connectivity index is 2.27. The van der Waals surface area contributed by atoms with Gasteiger partial charge in [-0.15, -0.1) is 11.8 Å². The first kappa shape index (κ1) is 13.4. The van der Waals surface area contributed by atoms with E-state index in [9.17, 15) is 0 Å². The maximum absolute atomic E-state index is 5.92. The second-order valence-electron chi connectivity index (χ2n) is 4.36. The molecule has 0 aromatic heterocycles. The summed E-state index contributed by atoms with van der Waals surface area (Å²) < 4.78 is 5.52. The van der Waals surface area contributed by atoms with E-state index in [-0.39, 0.29) is 0 Å². The molecule has 0 fully saturated rings. The van der Waals surface area contributed by atoms with Crippen molar-refractivity contribution in [1.29, 1.82) is 0 Å². The molecular weight excluding hydrogens is 218 g/mol. The maximum atomic E-state index is 5.92. The van der Waals surface area contributed by atoms with Crippen molar-refractivity contribution in [1.82, 2.24) is 0 Å². The van der Waals surface area contributed by atoms with Crippen LogP contribution in [-0.2, 0) is 4.74 Å². The van der Waals surface area contributed by atoms with Gasteiger partial charge in [0.05, 0.1) is 6.61 Å². The van der Waals surface area contributed by atoms with Gasteiger partial charge in [-0.25, -0.2) is 0 Å². The van der Waals surface area contributed by atoms with E-state index in [4.69, 9.17) is 10.5 Å². The molecule has 1 aromatic rings. The molecule has 0 saturated heterocycles. The third-order valence-corrected chi connectivity index (χ3v) is 3.16. The largest absolute Gasteiger partial charge is 0.398 e. The van der Waals surface area contributed by atoms with Crippen LogP contribution >= 0.6 is 11.8 Å². The van der Waals surface area contributed by atoms with Crippen molar-refractivity contribution in [3.05, 3.63) is 23.8 Å². The molecule has 0 saturated carbocycles. The van der Waals surface area contributed by atoms with Crippen LogP contribution in [0.25, 0.3) is 0 Å². The number of hydrogen-bond donors (Lipinski definition) is 1. The Labute approximate surface area is 103 Å². The molecule has 2 N–H and O–H groups in total. The Bertz CT molecular complexity index is 326. The van der Waals surface area contributed by atoms with Gasteiger partial charge in [0, 0.05) is 22.9 Å². The Morgan fingerprint density at radius 1 is 1.38 bits per heavy atom. The zero-order valence-corrected chi connectivity index (χ0v) is 11.1. The van der Waals surface area contributed by atoms with Gasteiger partial charge in [-0.3, -0.25) is 0 Å². The Morgan fingerprint density at radius 3 is 2.75 bits per heavy atom. The number of thioether (sulfide) groups is 1. The first-order valence-electron chi connectivity index (χ1n) is 5.66. The normalized spacial score (nSPS) is 11.0. The Kier molecular flexibility index (Phi) is 5.71. The highest BCUT2D eigenvalue weighted by Crippen LogP contribution is 2.25. The van der Waals surface area contributed by atoms with E-state index >= 15 is 0 Å². The highest BCUT2D eigenvalue weighted by atomic mass is 32.2. The molecule has 0 radical (unpaired) electrons. The van der Waals surface area contributed by atoms with Crippen LogP contribution in [0.2, 0.25) is 0 Å². The third kappa shape index (κ3) is 4.90. The van der Waals surface area contributed by atoms with E-state index in [2.05, 4.69) is 32.9 Å². The summed E-state index contributed by atoms with van der Waals surface area (Å²) in [6.07, 6.45) is 0. The zero-order chi connectivity index (χ0) is 12.0. The number of nitrogens with two attached hydrogens (primary N) is 1. The lowest BCUT2D eigenvalue weighted by Gasteiger charge is -2.08. The van der Waals surface area contributed by atoms with Crippen LogP contribution in [0.1, 0.15) is 19.4 Å². The van der Waals surface area contributed by atoms with Gasteiger partial charge in [-0.05, 0) is 30.5 Å². The van der Waals surface area contributed by atoms with Gasteiger partial charge in [0.2, 0.25) is 0 Å². The fourth-order valence-electron chi connectivity index (χ4n) is 1.33. The van der Waals surface area contributed by atoms with Gasteiger partial charge in [0.1, 0.15) is 0 Å². The van der Waals surface area contributed by atoms with E-state index in [1.807, 2.05) is 6.07 Å². The minimum atomic E-state index is 0.606. The van der Waals surface area contributed by atoms with Crippen LogP contribution < -0.4 is 5.73 Å². The van der Waals surface area contributed by atoms with Gasteiger partial charge in [0.25, 0.3) is 0 Å². The number of aryl methyl sites for hydroxylation is 1. The SMILES string of the molecule is Cc1ccc(SCCOCC(C)C)c(N)c1. The Morgan fingerprint density at radius 2 is 2.12 bits per heavy atom. The molecule has 0 unspecified atom stereocenters. The lowest BCUT2D eigenvalue weighted by atomic mass is 10.2. The molecule has 0 amide bonds. The van der Waals surface area contributed by atoms with Crippen molar-refractivity contribution in [2.24, 2.45) is 5.92 Å². The second kappa shape index (κ2) is 6.81. The fourth-order valence-corrected chi connectivity index (χ4v) is 2.14. The van der Waals surface area contributed by atoms with Gasteiger partial charge in [0.15, 0.2) is 0 Å². The first-order chi connectivity index (χ1) is 7.59. The lowest BCUT2D eigenvalue weighted by molar-refractivity contribution is 0.124. The molecule has 0 aliphatic rings. The summed E-state index contributed by atoms with van der Waals surface area (Å²) in [6, 6.07) is 6.18. The number of benzene rings is 1. The molecule has 1 rings (SSSR count). The topological polar surface area (TPSA) is 35.2 Å². The predicted octanol–water partition coefficient (Wildman–Crippen LogP) is 3.34. The van der Waals surface area contributed by atoms with Gasteiger partial charge >= 0.3 is 0 Å². The molecule has 90 valence electrons. The van der Waals surface area contributed by atoms with E-state index in [1.165, 1.54) is 5.56 Å². The molecule has 0 atom stereocenters. The van der Waals surface area contributed by atoms with Crippen molar-refractivity contribution in [3.63, 3.8) is 0 Å². The molecule has 0 aliphatic carbocycles. The summed E-state index contributed by atoms with van der Waals surface area (Å²) in [4.78, 5) is 1.15. The minimum Gasteiger partial charge on any atom is -0.398 e. The van der Waals surface area contributed by atoms with Crippen molar-refractivity contribution >= 4 is 17.4 Å². The van der Waals surface area contributed by atoms with E-state index in [0.717, 1.165) is 29.5 Å². The average Bonchev–Trinajstić information content (AvgIpc) is 2.20. The van der Waals surface area contributed by atoms with Crippen molar-refractivity contribution in [2.45, 2.75) is 25.7 Å². The molecule has 0 aliphatic heterocycles. The van der Waals surface area contributed by atoms with Gasteiger partial charge < -0.3 is 10.5 Å². The lowest BCUT2D eigenvalue weighted by Crippen LogP contribution is -2.04. The molecule has 3 heteroatoms. The van der Waals surface area contributed by atoms with Crippen molar-refractivity contribution in [2.75, 3.05) is 24.7 Å². The van der Waals surface area contributed by atoms with Crippen LogP contribution in [0.5, 0.6) is 0 Å². The molecule has 2 nitrogen and oxygen atoms in total. The number of hydrogen-bond acceptors (Lipinski definition) is 3. The van der Waals surface area contributed by atoms with E-state index < -0.39 is 0 Å². The number of nitrogen functional groups attached to an aromatic ring is 1. The van der Waals surface area contributed by atoms with Crippen molar-refractivity contribution < 1.29 is 4.74 Å². The average molecular weight is 239 g/mol. The van der Waals surface area contributed by atoms with Crippen LogP contribution in [0.4, 0.5) is 5.69 Å². The monoisotopic (exact) mass is 239 g/mol. The molecule has 1 aromatic carbocycles. The first-order valence-corrected chi connectivity index (χ1v) is 6.65. The van der Waals surface area contributed by atoms with Crippen LogP contribution in [0.15, 0.2) is 23.1 Å². The molecular formula is C13H21NOS. The molecule has 16 heavy (non-hydrogen) atoms. The summed E-state index contributed by atoms with van der Waals surface area (Å²) >= 11 is 1.76. The Hall–Kier alpha value is -0.670. The summed E-state index contributed by atoms with van der Waals surface area (Å²) in [6.45, 7) is 7.99. The number of rotatable bonds is 6. The standard InChI is InChI=1S/C13H21NOS/c1-10(2)9-15-6-7-16-13-5-4-11(3)8-12(13)14/h4-5,8,10H,6-7,9,14H2,1-3H3. The quantitative estimate of drug-likeness (QED) is 0.470. The summed E-state index contributed by atoms with van der Waals surface area (Å²) in [7, 11) is 0. The predicted molar refractivity (Wildman–Crippen MR) is 72.0 cm³/mol. The number of anilines is 1. The highest BCUT2D eigenvalue weighted by molar-refractivity contribution is 7.99. The van der Waals surface area contributed by atoms with Crippen LogP contribution in [-0.4, -0.2) is 19.0 Å². The maximum Gasteiger partial charge on any atom is 0.0560 e.